The smallest absolute Gasteiger partial charge is 0.415 e. The molecule has 0 aliphatic carbocycles. The minimum Gasteiger partial charge on any atom is -0.481 e. The normalized spacial score (nSPS) is 17.4. The first-order chi connectivity index (χ1) is 8.36. The molecule has 0 unspecified atom stereocenters. The molecule has 0 aromatic rings. The van der Waals surface area contributed by atoms with Gasteiger partial charge in [-0.05, 0) is 37.8 Å². The van der Waals surface area contributed by atoms with Crippen LogP contribution in [0.5, 0.6) is 0 Å². The molecule has 0 bridgehead atoms. The Bertz CT molecular complexity index is 420. The van der Waals surface area contributed by atoms with Crippen LogP contribution in [0.25, 0.3) is 0 Å². The summed E-state index contributed by atoms with van der Waals surface area (Å²) in [6.07, 6.45) is -0.00191. The lowest BCUT2D eigenvalue weighted by Gasteiger charge is -2.34. The Morgan fingerprint density at radius 2 is 1.44 bits per heavy atom. The van der Waals surface area contributed by atoms with Gasteiger partial charge in [-0.3, -0.25) is 9.69 Å². The van der Waals surface area contributed by atoms with E-state index in [2.05, 4.69) is 0 Å². The van der Waals surface area contributed by atoms with Gasteiger partial charge in [0.2, 0.25) is 0 Å². The molecule has 0 aromatic heterocycles. The molecule has 1 rings (SSSR count). The molecule has 0 fully saturated rings. The van der Waals surface area contributed by atoms with Crippen molar-refractivity contribution in [2.24, 2.45) is 5.92 Å². The molecule has 0 spiro atoms. The molecule has 0 saturated carbocycles. The van der Waals surface area contributed by atoms with Gasteiger partial charge in [-0.2, -0.15) is 0 Å². The molecule has 5 heteroatoms. The van der Waals surface area contributed by atoms with Crippen LogP contribution in [0.3, 0.4) is 0 Å². The van der Waals surface area contributed by atoms with Gasteiger partial charge in [0.15, 0.2) is 0 Å². The van der Waals surface area contributed by atoms with Gasteiger partial charge in [0, 0.05) is 11.4 Å². The maximum Gasteiger partial charge on any atom is 0.415 e. The third-order valence-corrected chi connectivity index (χ3v) is 3.50. The second-order valence-electron chi connectivity index (χ2n) is 4.32. The van der Waals surface area contributed by atoms with Crippen LogP contribution in [0.4, 0.5) is 4.79 Å². The molecule has 18 heavy (non-hydrogen) atoms. The molecule has 0 atom stereocenters. The van der Waals surface area contributed by atoms with Gasteiger partial charge in [0.25, 0.3) is 0 Å². The van der Waals surface area contributed by atoms with Crippen LogP contribution in [0, 0.1) is 5.92 Å². The number of carbonyl (C=O) groups is 2. The predicted octanol–water partition coefficient (Wildman–Crippen LogP) is 3.05. The molecular weight excluding hydrogens is 234 g/mol. The van der Waals surface area contributed by atoms with Gasteiger partial charge < -0.3 is 10.2 Å². The second kappa shape index (κ2) is 5.25. The average Bonchev–Trinajstić information content (AvgIpc) is 2.27. The van der Waals surface area contributed by atoms with E-state index >= 15 is 0 Å². The Kier molecular flexibility index (Phi) is 4.16. The van der Waals surface area contributed by atoms with Gasteiger partial charge in [-0.1, -0.05) is 13.8 Å². The van der Waals surface area contributed by atoms with Crippen LogP contribution in [-0.2, 0) is 4.79 Å². The maximum atomic E-state index is 11.4. The van der Waals surface area contributed by atoms with Crippen molar-refractivity contribution in [2.75, 3.05) is 0 Å². The SMILES string of the molecule is CCC1=C(C)N(C(=O)O)C(C)=C(CC)C1C(=O)O. The van der Waals surface area contributed by atoms with Crippen molar-refractivity contribution in [2.45, 2.75) is 40.5 Å². The first kappa shape index (κ1) is 14.3. The van der Waals surface area contributed by atoms with Crippen LogP contribution in [0.1, 0.15) is 40.5 Å². The van der Waals surface area contributed by atoms with Gasteiger partial charge in [0.1, 0.15) is 5.92 Å². The van der Waals surface area contributed by atoms with Crippen molar-refractivity contribution in [3.05, 3.63) is 22.5 Å². The molecule has 5 nitrogen and oxygen atoms in total. The van der Waals surface area contributed by atoms with E-state index in [4.69, 9.17) is 0 Å². The number of rotatable bonds is 3. The molecule has 1 aliphatic rings. The van der Waals surface area contributed by atoms with Gasteiger partial charge >= 0.3 is 12.1 Å². The highest BCUT2D eigenvalue weighted by atomic mass is 16.4. The summed E-state index contributed by atoms with van der Waals surface area (Å²) in [5.74, 6) is -1.59. The predicted molar refractivity (Wildman–Crippen MR) is 67.0 cm³/mol. The van der Waals surface area contributed by atoms with Crippen LogP contribution in [0.2, 0.25) is 0 Å². The fourth-order valence-corrected chi connectivity index (χ4v) is 2.67. The number of carboxylic acids is 1. The summed E-state index contributed by atoms with van der Waals surface area (Å²) >= 11 is 0. The van der Waals surface area contributed by atoms with Crippen molar-refractivity contribution in [3.8, 4) is 0 Å². The maximum absolute atomic E-state index is 11.4. The molecule has 1 heterocycles. The van der Waals surface area contributed by atoms with E-state index in [9.17, 15) is 19.8 Å². The van der Waals surface area contributed by atoms with E-state index in [1.165, 1.54) is 4.90 Å². The fourth-order valence-electron chi connectivity index (χ4n) is 2.67. The zero-order valence-corrected chi connectivity index (χ0v) is 11.1. The molecule has 0 aromatic carbocycles. The topological polar surface area (TPSA) is 77.8 Å². The Morgan fingerprint density at radius 1 is 1.06 bits per heavy atom. The molecule has 2 N–H and O–H groups in total. The highest BCUT2D eigenvalue weighted by molar-refractivity contribution is 5.81. The van der Waals surface area contributed by atoms with E-state index in [0.717, 1.165) is 0 Å². The zero-order chi connectivity index (χ0) is 14.0. The first-order valence-electron chi connectivity index (χ1n) is 6.01. The van der Waals surface area contributed by atoms with Crippen LogP contribution < -0.4 is 0 Å². The summed E-state index contributed by atoms with van der Waals surface area (Å²) in [6, 6.07) is 0. The average molecular weight is 253 g/mol. The minimum absolute atomic E-state index is 0.520. The summed E-state index contributed by atoms with van der Waals surface area (Å²) in [7, 11) is 0. The number of hydrogen-bond acceptors (Lipinski definition) is 2. The molecule has 0 radical (unpaired) electrons. The second-order valence-corrected chi connectivity index (χ2v) is 4.32. The number of nitrogens with zero attached hydrogens (tertiary/aromatic N) is 1. The van der Waals surface area contributed by atoms with E-state index in [-0.39, 0.29) is 0 Å². The summed E-state index contributed by atoms with van der Waals surface area (Å²) < 4.78 is 0. The largest absolute Gasteiger partial charge is 0.481 e. The van der Waals surface area contributed by atoms with E-state index in [1.54, 1.807) is 13.8 Å². The summed E-state index contributed by atoms with van der Waals surface area (Å²) in [6.45, 7) is 7.03. The molecule has 0 saturated heterocycles. The lowest BCUT2D eigenvalue weighted by Crippen LogP contribution is -2.36. The van der Waals surface area contributed by atoms with Crippen molar-refractivity contribution < 1.29 is 19.8 Å². The third-order valence-electron chi connectivity index (χ3n) is 3.50. The monoisotopic (exact) mass is 253 g/mol. The summed E-state index contributed by atoms with van der Waals surface area (Å²) in [5.41, 5.74) is 2.39. The number of carboxylic acid groups (broad SMARTS) is 2. The number of hydrogen-bond donors (Lipinski definition) is 2. The van der Waals surface area contributed by atoms with E-state index in [1.807, 2.05) is 13.8 Å². The Labute approximate surface area is 106 Å². The highest BCUT2D eigenvalue weighted by Crippen LogP contribution is 2.38. The summed E-state index contributed by atoms with van der Waals surface area (Å²) in [5, 5.41) is 18.6. The highest BCUT2D eigenvalue weighted by Gasteiger charge is 2.36. The quantitative estimate of drug-likeness (QED) is 0.810. The summed E-state index contributed by atoms with van der Waals surface area (Å²) in [4.78, 5) is 23.9. The lowest BCUT2D eigenvalue weighted by atomic mass is 9.82. The Morgan fingerprint density at radius 3 is 1.67 bits per heavy atom. The van der Waals surface area contributed by atoms with Crippen molar-refractivity contribution in [1.82, 2.24) is 4.90 Å². The van der Waals surface area contributed by atoms with Crippen molar-refractivity contribution >= 4 is 12.1 Å². The van der Waals surface area contributed by atoms with Crippen LogP contribution >= 0.6 is 0 Å². The first-order valence-corrected chi connectivity index (χ1v) is 6.01. The van der Waals surface area contributed by atoms with Crippen molar-refractivity contribution in [1.29, 1.82) is 0 Å². The standard InChI is InChI=1S/C13H19NO4/c1-5-9-7(3)14(13(17)18)8(4)10(6-2)11(9)12(15)16/h11H,5-6H2,1-4H3,(H,15,16)(H,17,18). The van der Waals surface area contributed by atoms with Gasteiger partial charge in [-0.25, -0.2) is 4.79 Å². The van der Waals surface area contributed by atoms with Crippen LogP contribution in [0.15, 0.2) is 22.5 Å². The Hall–Kier alpha value is -1.78. The number of aliphatic carboxylic acids is 1. The van der Waals surface area contributed by atoms with Crippen molar-refractivity contribution in [3.63, 3.8) is 0 Å². The molecule has 1 amide bonds. The lowest BCUT2D eigenvalue weighted by molar-refractivity contribution is -0.139. The van der Waals surface area contributed by atoms with E-state index in [0.29, 0.717) is 35.4 Å². The van der Waals surface area contributed by atoms with Gasteiger partial charge in [-0.15, -0.1) is 0 Å². The number of amides is 1. The molecular formula is C13H19NO4. The molecule has 1 aliphatic heterocycles. The molecule has 100 valence electrons. The van der Waals surface area contributed by atoms with Crippen LogP contribution in [-0.4, -0.2) is 27.2 Å². The fraction of sp³-hybridized carbons (Fsp3) is 0.538. The van der Waals surface area contributed by atoms with Gasteiger partial charge in [0.05, 0.1) is 0 Å². The zero-order valence-electron chi connectivity index (χ0n) is 11.1. The minimum atomic E-state index is -1.06. The van der Waals surface area contributed by atoms with E-state index < -0.39 is 18.0 Å². The third kappa shape index (κ3) is 2.12. The number of allylic oxidation sites excluding steroid dienone is 2. The Balaban J connectivity index is 3.47.